The highest BCUT2D eigenvalue weighted by atomic mass is 35.5. The van der Waals surface area contributed by atoms with E-state index in [4.69, 9.17) is 11.6 Å². The molecular formula is C11H11ClN2O3. The zero-order chi connectivity index (χ0) is 12.4. The van der Waals surface area contributed by atoms with E-state index in [1.54, 1.807) is 12.1 Å². The van der Waals surface area contributed by atoms with E-state index in [1.165, 1.54) is 12.4 Å². The molecule has 0 saturated carbocycles. The van der Waals surface area contributed by atoms with Crippen LogP contribution in [0.3, 0.4) is 0 Å². The van der Waals surface area contributed by atoms with Gasteiger partial charge in [-0.1, -0.05) is 6.07 Å². The molecular weight excluding hydrogens is 244 g/mol. The average molecular weight is 255 g/mol. The summed E-state index contributed by atoms with van der Waals surface area (Å²) in [7, 11) is 0. The number of halogens is 1. The second-order valence-corrected chi connectivity index (χ2v) is 3.98. The van der Waals surface area contributed by atoms with Gasteiger partial charge in [0.15, 0.2) is 0 Å². The number of aliphatic hydroxyl groups excluding tert-OH is 2. The highest BCUT2D eigenvalue weighted by molar-refractivity contribution is 6.18. The molecule has 0 aliphatic carbocycles. The SMILES string of the molecule is O=c1[nH]cnc2ccc(C(O)C(O)CCl)cc12. The monoisotopic (exact) mass is 254 g/mol. The first-order chi connectivity index (χ1) is 8.13. The van der Waals surface area contributed by atoms with Crippen LogP contribution in [0.2, 0.25) is 0 Å². The molecule has 90 valence electrons. The van der Waals surface area contributed by atoms with Crippen LogP contribution in [-0.2, 0) is 0 Å². The smallest absolute Gasteiger partial charge is 0.258 e. The second-order valence-electron chi connectivity index (χ2n) is 3.67. The fraction of sp³-hybridized carbons (Fsp3) is 0.273. The number of aliphatic hydroxyl groups is 2. The quantitative estimate of drug-likeness (QED) is 0.699. The van der Waals surface area contributed by atoms with Crippen LogP contribution in [0.5, 0.6) is 0 Å². The highest BCUT2D eigenvalue weighted by Gasteiger charge is 2.17. The molecule has 0 fully saturated rings. The Morgan fingerprint density at radius 1 is 1.41 bits per heavy atom. The Morgan fingerprint density at radius 2 is 2.18 bits per heavy atom. The number of hydrogen-bond acceptors (Lipinski definition) is 4. The molecule has 0 spiro atoms. The third-order valence-corrected chi connectivity index (χ3v) is 2.84. The van der Waals surface area contributed by atoms with E-state index >= 15 is 0 Å². The van der Waals surface area contributed by atoms with Crippen LogP contribution in [0.4, 0.5) is 0 Å². The van der Waals surface area contributed by atoms with Crippen molar-refractivity contribution in [3.63, 3.8) is 0 Å². The lowest BCUT2D eigenvalue weighted by atomic mass is 10.0. The fourth-order valence-electron chi connectivity index (χ4n) is 1.58. The standard InChI is InChI=1S/C11H11ClN2O3/c12-4-9(15)10(16)6-1-2-8-7(3-6)11(17)14-5-13-8/h1-3,5,9-10,15-16H,4H2,(H,13,14,17). The average Bonchev–Trinajstić information content (AvgIpc) is 2.37. The van der Waals surface area contributed by atoms with E-state index < -0.39 is 12.2 Å². The van der Waals surface area contributed by atoms with Gasteiger partial charge in [-0.2, -0.15) is 0 Å². The van der Waals surface area contributed by atoms with Gasteiger partial charge < -0.3 is 15.2 Å². The Balaban J connectivity index is 2.51. The van der Waals surface area contributed by atoms with E-state index in [2.05, 4.69) is 9.97 Å². The molecule has 2 atom stereocenters. The molecule has 3 N–H and O–H groups in total. The van der Waals surface area contributed by atoms with Crippen molar-refractivity contribution in [2.24, 2.45) is 0 Å². The Kier molecular flexibility index (Phi) is 3.42. The molecule has 2 unspecified atom stereocenters. The van der Waals surface area contributed by atoms with E-state index in [0.717, 1.165) is 0 Å². The minimum atomic E-state index is -1.11. The lowest BCUT2D eigenvalue weighted by molar-refractivity contribution is 0.0328. The Morgan fingerprint density at radius 3 is 2.88 bits per heavy atom. The minimum absolute atomic E-state index is 0.0808. The number of alkyl halides is 1. The molecule has 0 aliphatic heterocycles. The molecule has 2 rings (SSSR count). The van der Waals surface area contributed by atoms with Gasteiger partial charge in [0.2, 0.25) is 0 Å². The maximum Gasteiger partial charge on any atom is 0.258 e. The van der Waals surface area contributed by atoms with E-state index in [0.29, 0.717) is 16.5 Å². The van der Waals surface area contributed by atoms with Crippen LogP contribution < -0.4 is 5.56 Å². The summed E-state index contributed by atoms with van der Waals surface area (Å²) in [6, 6.07) is 4.72. The summed E-state index contributed by atoms with van der Waals surface area (Å²) in [5, 5.41) is 19.6. The van der Waals surface area contributed by atoms with Crippen LogP contribution in [-0.4, -0.2) is 32.2 Å². The second kappa shape index (κ2) is 4.83. The van der Waals surface area contributed by atoms with Gasteiger partial charge in [-0.25, -0.2) is 4.98 Å². The van der Waals surface area contributed by atoms with Gasteiger partial charge in [-0.15, -0.1) is 11.6 Å². The van der Waals surface area contributed by atoms with Crippen molar-refractivity contribution in [2.45, 2.75) is 12.2 Å². The third-order valence-electron chi connectivity index (χ3n) is 2.53. The van der Waals surface area contributed by atoms with Crippen molar-refractivity contribution < 1.29 is 10.2 Å². The zero-order valence-corrected chi connectivity index (χ0v) is 9.55. The normalized spacial score (nSPS) is 14.8. The molecule has 1 aromatic heterocycles. The number of aromatic amines is 1. The summed E-state index contributed by atoms with van der Waals surface area (Å²) in [6.45, 7) is 0. The number of nitrogens with zero attached hydrogens (tertiary/aromatic N) is 1. The summed E-state index contributed by atoms with van der Waals surface area (Å²) in [5.74, 6) is -0.0808. The molecule has 5 nitrogen and oxygen atoms in total. The number of nitrogens with one attached hydrogen (secondary N) is 1. The van der Waals surface area contributed by atoms with Crippen molar-refractivity contribution >= 4 is 22.5 Å². The number of fused-ring (bicyclic) bond motifs is 1. The Bertz CT molecular complexity index is 584. The van der Waals surface area contributed by atoms with Crippen molar-refractivity contribution in [3.8, 4) is 0 Å². The number of hydrogen-bond donors (Lipinski definition) is 3. The number of aromatic nitrogens is 2. The molecule has 1 heterocycles. The first-order valence-electron chi connectivity index (χ1n) is 5.03. The van der Waals surface area contributed by atoms with Gasteiger partial charge in [0.25, 0.3) is 5.56 Å². The zero-order valence-electron chi connectivity index (χ0n) is 8.80. The Hall–Kier alpha value is -1.43. The fourth-order valence-corrected chi connectivity index (χ4v) is 1.75. The highest BCUT2D eigenvalue weighted by Crippen LogP contribution is 2.20. The van der Waals surface area contributed by atoms with Crippen LogP contribution in [0.15, 0.2) is 29.3 Å². The van der Waals surface area contributed by atoms with Crippen molar-refractivity contribution in [1.82, 2.24) is 9.97 Å². The van der Waals surface area contributed by atoms with Crippen LogP contribution in [0.25, 0.3) is 10.9 Å². The minimum Gasteiger partial charge on any atom is -0.389 e. The lowest BCUT2D eigenvalue weighted by Crippen LogP contribution is -2.20. The van der Waals surface area contributed by atoms with Gasteiger partial charge in [0.05, 0.1) is 29.2 Å². The van der Waals surface area contributed by atoms with Gasteiger partial charge in [0.1, 0.15) is 6.10 Å². The molecule has 0 saturated heterocycles. The van der Waals surface area contributed by atoms with Crippen molar-refractivity contribution in [2.75, 3.05) is 5.88 Å². The summed E-state index contributed by atoms with van der Waals surface area (Å²) in [5.41, 5.74) is 0.679. The topological polar surface area (TPSA) is 86.2 Å². The molecule has 6 heteroatoms. The summed E-state index contributed by atoms with van der Waals surface area (Å²) in [6.07, 6.45) is -0.865. The lowest BCUT2D eigenvalue weighted by Gasteiger charge is -2.15. The predicted molar refractivity (Wildman–Crippen MR) is 64.1 cm³/mol. The van der Waals surface area contributed by atoms with Crippen LogP contribution >= 0.6 is 11.6 Å². The first-order valence-corrected chi connectivity index (χ1v) is 5.56. The maximum absolute atomic E-state index is 11.5. The largest absolute Gasteiger partial charge is 0.389 e. The first kappa shape index (κ1) is 12.0. The van der Waals surface area contributed by atoms with Crippen LogP contribution in [0, 0.1) is 0 Å². The molecule has 1 aromatic carbocycles. The third kappa shape index (κ3) is 2.31. The summed E-state index contributed by atoms with van der Waals surface area (Å²) in [4.78, 5) is 18.0. The maximum atomic E-state index is 11.5. The molecule has 0 aliphatic rings. The van der Waals surface area contributed by atoms with E-state index in [-0.39, 0.29) is 11.4 Å². The summed E-state index contributed by atoms with van der Waals surface area (Å²) >= 11 is 5.46. The van der Waals surface area contributed by atoms with E-state index in [9.17, 15) is 15.0 Å². The number of H-pyrrole nitrogens is 1. The van der Waals surface area contributed by atoms with Crippen molar-refractivity contribution in [1.29, 1.82) is 0 Å². The van der Waals surface area contributed by atoms with E-state index in [1.807, 2.05) is 0 Å². The number of rotatable bonds is 3. The Labute approximate surface area is 102 Å². The molecule has 0 radical (unpaired) electrons. The molecule has 0 amide bonds. The molecule has 0 bridgehead atoms. The van der Waals surface area contributed by atoms with Gasteiger partial charge >= 0.3 is 0 Å². The predicted octanol–water partition coefficient (Wildman–Crippen LogP) is 0.556. The van der Waals surface area contributed by atoms with Crippen LogP contribution in [0.1, 0.15) is 11.7 Å². The molecule has 2 aromatic rings. The molecule has 17 heavy (non-hydrogen) atoms. The van der Waals surface area contributed by atoms with Gasteiger partial charge in [-0.05, 0) is 17.7 Å². The van der Waals surface area contributed by atoms with Crippen molar-refractivity contribution in [3.05, 3.63) is 40.4 Å². The van der Waals surface area contributed by atoms with Gasteiger partial charge in [0, 0.05) is 0 Å². The number of benzene rings is 1. The van der Waals surface area contributed by atoms with Gasteiger partial charge in [-0.3, -0.25) is 4.79 Å². The summed E-state index contributed by atoms with van der Waals surface area (Å²) < 4.78 is 0.